The Morgan fingerprint density at radius 1 is 1.36 bits per heavy atom. The molecule has 14 heavy (non-hydrogen) atoms. The highest BCUT2D eigenvalue weighted by Crippen LogP contribution is 2.22. The van der Waals surface area contributed by atoms with Gasteiger partial charge in [0.1, 0.15) is 10.7 Å². The van der Waals surface area contributed by atoms with Crippen LogP contribution in [0.15, 0.2) is 24.3 Å². The highest BCUT2D eigenvalue weighted by atomic mass is 32.1. The van der Waals surface area contributed by atoms with E-state index in [1.54, 1.807) is 0 Å². The quantitative estimate of drug-likeness (QED) is 0.777. The SMILES string of the molecule is Cc1ccccc1OC(C)(C)C(N)=S. The van der Waals surface area contributed by atoms with Crippen molar-refractivity contribution in [3.8, 4) is 5.75 Å². The van der Waals surface area contributed by atoms with E-state index in [9.17, 15) is 0 Å². The van der Waals surface area contributed by atoms with E-state index in [1.165, 1.54) is 0 Å². The zero-order chi connectivity index (χ0) is 10.8. The number of thiocarbonyl (C=S) groups is 1. The molecule has 0 radical (unpaired) electrons. The van der Waals surface area contributed by atoms with Crippen LogP contribution in [-0.2, 0) is 0 Å². The standard InChI is InChI=1S/C11H15NOS/c1-8-6-4-5-7-9(8)13-11(2,3)10(12)14/h4-7H,1-3H3,(H2,12,14). The minimum absolute atomic E-state index is 0.362. The number of aryl methyl sites for hydroxylation is 1. The van der Waals surface area contributed by atoms with E-state index in [4.69, 9.17) is 22.7 Å². The molecule has 0 amide bonds. The number of hydrogen-bond donors (Lipinski definition) is 1. The second kappa shape index (κ2) is 3.96. The molecule has 3 heteroatoms. The van der Waals surface area contributed by atoms with Crippen molar-refractivity contribution >= 4 is 17.2 Å². The Labute approximate surface area is 90.1 Å². The summed E-state index contributed by atoms with van der Waals surface area (Å²) < 4.78 is 5.73. The highest BCUT2D eigenvalue weighted by molar-refractivity contribution is 7.80. The summed E-state index contributed by atoms with van der Waals surface area (Å²) in [6, 6.07) is 7.80. The van der Waals surface area contributed by atoms with Crippen LogP contribution in [0.2, 0.25) is 0 Å². The third-order valence-corrected chi connectivity index (χ3v) is 2.54. The zero-order valence-electron chi connectivity index (χ0n) is 8.70. The average molecular weight is 209 g/mol. The lowest BCUT2D eigenvalue weighted by molar-refractivity contribution is 0.182. The van der Waals surface area contributed by atoms with Crippen LogP contribution in [0, 0.1) is 6.92 Å². The number of hydrogen-bond acceptors (Lipinski definition) is 2. The Kier molecular flexibility index (Phi) is 3.11. The van der Waals surface area contributed by atoms with Gasteiger partial charge in [-0.15, -0.1) is 0 Å². The molecule has 76 valence electrons. The molecule has 0 saturated carbocycles. The van der Waals surface area contributed by atoms with Gasteiger partial charge >= 0.3 is 0 Å². The topological polar surface area (TPSA) is 35.2 Å². The number of ether oxygens (including phenoxy) is 1. The van der Waals surface area contributed by atoms with Gasteiger partial charge in [-0.05, 0) is 32.4 Å². The molecule has 0 fully saturated rings. The molecule has 0 aliphatic rings. The molecular formula is C11H15NOS. The van der Waals surface area contributed by atoms with E-state index in [0.717, 1.165) is 11.3 Å². The first-order chi connectivity index (χ1) is 6.43. The fourth-order valence-electron chi connectivity index (χ4n) is 0.996. The predicted molar refractivity (Wildman–Crippen MR) is 62.7 cm³/mol. The second-order valence-corrected chi connectivity index (χ2v) is 4.18. The Hall–Kier alpha value is -1.09. The summed E-state index contributed by atoms with van der Waals surface area (Å²) in [5, 5.41) is 0. The summed E-state index contributed by atoms with van der Waals surface area (Å²) in [5.74, 6) is 0.824. The Balaban J connectivity index is 2.89. The summed E-state index contributed by atoms with van der Waals surface area (Å²) in [7, 11) is 0. The maximum atomic E-state index is 5.73. The normalized spacial score (nSPS) is 11.1. The van der Waals surface area contributed by atoms with Crippen molar-refractivity contribution in [1.82, 2.24) is 0 Å². The third-order valence-electron chi connectivity index (χ3n) is 2.05. The zero-order valence-corrected chi connectivity index (χ0v) is 9.52. The summed E-state index contributed by atoms with van der Waals surface area (Å²) in [4.78, 5) is 0.362. The van der Waals surface area contributed by atoms with Crippen LogP contribution in [0.5, 0.6) is 5.75 Å². The minimum Gasteiger partial charge on any atom is -0.480 e. The van der Waals surface area contributed by atoms with Crippen molar-refractivity contribution in [2.24, 2.45) is 5.73 Å². The van der Waals surface area contributed by atoms with Crippen molar-refractivity contribution in [2.75, 3.05) is 0 Å². The van der Waals surface area contributed by atoms with Gasteiger partial charge in [-0.3, -0.25) is 0 Å². The first-order valence-electron chi connectivity index (χ1n) is 4.48. The maximum absolute atomic E-state index is 5.73. The molecule has 2 N–H and O–H groups in total. The van der Waals surface area contributed by atoms with E-state index < -0.39 is 5.60 Å². The van der Waals surface area contributed by atoms with Gasteiger partial charge in [0, 0.05) is 0 Å². The first-order valence-corrected chi connectivity index (χ1v) is 4.89. The molecule has 0 aromatic heterocycles. The van der Waals surface area contributed by atoms with Crippen LogP contribution in [0.4, 0.5) is 0 Å². The molecule has 0 bridgehead atoms. The molecule has 0 heterocycles. The first kappa shape index (κ1) is 11.0. The molecule has 0 aliphatic carbocycles. The van der Waals surface area contributed by atoms with Gasteiger partial charge in [0.05, 0.1) is 0 Å². The molecule has 0 unspecified atom stereocenters. The van der Waals surface area contributed by atoms with Crippen molar-refractivity contribution < 1.29 is 4.74 Å². The number of para-hydroxylation sites is 1. The van der Waals surface area contributed by atoms with Gasteiger partial charge in [0.25, 0.3) is 0 Å². The smallest absolute Gasteiger partial charge is 0.153 e. The van der Waals surface area contributed by atoms with Crippen LogP contribution in [0.3, 0.4) is 0 Å². The molecule has 1 aromatic carbocycles. The summed E-state index contributed by atoms with van der Waals surface area (Å²) in [6.45, 7) is 5.72. The molecular weight excluding hydrogens is 194 g/mol. The van der Waals surface area contributed by atoms with Crippen LogP contribution >= 0.6 is 12.2 Å². The van der Waals surface area contributed by atoms with Gasteiger partial charge in [-0.2, -0.15) is 0 Å². The van der Waals surface area contributed by atoms with Crippen molar-refractivity contribution in [3.63, 3.8) is 0 Å². The lowest BCUT2D eigenvalue weighted by atomic mass is 10.1. The van der Waals surface area contributed by atoms with E-state index in [0.29, 0.717) is 4.99 Å². The fourth-order valence-corrected chi connectivity index (χ4v) is 1.04. The molecule has 0 aliphatic heterocycles. The average Bonchev–Trinajstić information content (AvgIpc) is 2.08. The van der Waals surface area contributed by atoms with Crippen molar-refractivity contribution in [2.45, 2.75) is 26.4 Å². The highest BCUT2D eigenvalue weighted by Gasteiger charge is 2.23. The van der Waals surface area contributed by atoms with Gasteiger partial charge in [0.15, 0.2) is 5.60 Å². The summed E-state index contributed by atoms with van der Waals surface area (Å²) in [5.41, 5.74) is 6.06. The van der Waals surface area contributed by atoms with Crippen molar-refractivity contribution in [1.29, 1.82) is 0 Å². The summed E-state index contributed by atoms with van der Waals surface area (Å²) >= 11 is 4.93. The van der Waals surface area contributed by atoms with Gasteiger partial charge in [0.2, 0.25) is 0 Å². The Morgan fingerprint density at radius 3 is 2.43 bits per heavy atom. The van der Waals surface area contributed by atoms with Gasteiger partial charge in [-0.1, -0.05) is 30.4 Å². The van der Waals surface area contributed by atoms with E-state index >= 15 is 0 Å². The lowest BCUT2D eigenvalue weighted by Gasteiger charge is -2.25. The Bertz CT molecular complexity index is 347. The van der Waals surface area contributed by atoms with Crippen LogP contribution in [0.25, 0.3) is 0 Å². The minimum atomic E-state index is -0.596. The van der Waals surface area contributed by atoms with Crippen LogP contribution < -0.4 is 10.5 Å². The monoisotopic (exact) mass is 209 g/mol. The number of benzene rings is 1. The Morgan fingerprint density at radius 2 is 1.93 bits per heavy atom. The molecule has 0 spiro atoms. The number of nitrogens with two attached hydrogens (primary N) is 1. The number of rotatable bonds is 3. The molecule has 1 aromatic rings. The fraction of sp³-hybridized carbons (Fsp3) is 0.364. The molecule has 0 saturated heterocycles. The predicted octanol–water partition coefficient (Wildman–Crippen LogP) is 2.44. The van der Waals surface area contributed by atoms with E-state index in [2.05, 4.69) is 0 Å². The third kappa shape index (κ3) is 2.45. The molecule has 0 atom stereocenters. The van der Waals surface area contributed by atoms with Crippen LogP contribution in [-0.4, -0.2) is 10.6 Å². The second-order valence-electron chi connectivity index (χ2n) is 3.74. The molecule has 1 rings (SSSR count). The lowest BCUT2D eigenvalue weighted by Crippen LogP contribution is -2.42. The van der Waals surface area contributed by atoms with Crippen LogP contribution in [0.1, 0.15) is 19.4 Å². The maximum Gasteiger partial charge on any atom is 0.153 e. The van der Waals surface area contributed by atoms with Crippen molar-refractivity contribution in [3.05, 3.63) is 29.8 Å². The largest absolute Gasteiger partial charge is 0.480 e. The van der Waals surface area contributed by atoms with Gasteiger partial charge in [-0.25, -0.2) is 0 Å². The summed E-state index contributed by atoms with van der Waals surface area (Å²) in [6.07, 6.45) is 0. The molecule has 2 nitrogen and oxygen atoms in total. The van der Waals surface area contributed by atoms with E-state index in [-0.39, 0.29) is 0 Å². The van der Waals surface area contributed by atoms with Gasteiger partial charge < -0.3 is 10.5 Å². The van der Waals surface area contributed by atoms with E-state index in [1.807, 2.05) is 45.0 Å².